The number of esters is 1. The molecule has 1 rings (SSSR count). The summed E-state index contributed by atoms with van der Waals surface area (Å²) in [6.45, 7) is 4.22. The third-order valence-corrected chi connectivity index (χ3v) is 7.10. The van der Waals surface area contributed by atoms with E-state index in [1.165, 1.54) is 35.7 Å². The van der Waals surface area contributed by atoms with Crippen molar-refractivity contribution in [2.45, 2.75) is 36.5 Å². The molecule has 0 aromatic heterocycles. The lowest BCUT2D eigenvalue weighted by Crippen LogP contribution is -2.30. The van der Waals surface area contributed by atoms with Crippen LogP contribution >= 0.6 is 0 Å². The molecule has 0 fully saturated rings. The molecule has 0 atom stereocenters. The molecule has 0 aliphatic rings. The molecule has 0 saturated carbocycles. The molecule has 0 bridgehead atoms. The number of nitrogens with zero attached hydrogens (tertiary/aromatic N) is 1. The minimum atomic E-state index is -3.77. The minimum Gasteiger partial charge on any atom is -0.469 e. The lowest BCUT2D eigenvalue weighted by atomic mass is 10.3. The van der Waals surface area contributed by atoms with Crippen molar-refractivity contribution in [2.24, 2.45) is 0 Å². The Morgan fingerprint density at radius 3 is 2.04 bits per heavy atom. The first-order valence-electron chi connectivity index (χ1n) is 7.85. The number of hydrogen-bond donors (Lipinski definition) is 1. The predicted molar refractivity (Wildman–Crippen MR) is 93.0 cm³/mol. The molecule has 1 aromatic carbocycles. The first kappa shape index (κ1) is 21.6. The molecule has 0 saturated heterocycles. The summed E-state index contributed by atoms with van der Waals surface area (Å²) in [4.78, 5) is 11.0. The summed E-state index contributed by atoms with van der Waals surface area (Å²) < 4.78 is 57.2. The quantitative estimate of drug-likeness (QED) is 0.469. The Balaban J connectivity index is 2.82. The van der Waals surface area contributed by atoms with Crippen LogP contribution in [0.2, 0.25) is 0 Å². The highest BCUT2D eigenvalue weighted by Crippen LogP contribution is 2.18. The van der Waals surface area contributed by atoms with E-state index in [9.17, 15) is 21.6 Å². The van der Waals surface area contributed by atoms with Gasteiger partial charge in [-0.15, -0.1) is 0 Å². The van der Waals surface area contributed by atoms with Crippen molar-refractivity contribution < 1.29 is 26.4 Å². The predicted octanol–water partition coefficient (Wildman–Crippen LogP) is 0.949. The lowest BCUT2D eigenvalue weighted by Gasteiger charge is -2.18. The van der Waals surface area contributed by atoms with E-state index in [0.29, 0.717) is 19.5 Å². The monoisotopic (exact) mass is 392 g/mol. The van der Waals surface area contributed by atoms with Crippen LogP contribution in [0.3, 0.4) is 0 Å². The number of rotatable bonds is 10. The Labute approximate surface area is 149 Å². The number of hydrogen-bond acceptors (Lipinski definition) is 6. The van der Waals surface area contributed by atoms with Crippen LogP contribution < -0.4 is 4.72 Å². The van der Waals surface area contributed by atoms with Gasteiger partial charge in [0.2, 0.25) is 20.0 Å². The van der Waals surface area contributed by atoms with E-state index < -0.39 is 26.0 Å². The number of benzene rings is 1. The molecule has 0 aliphatic carbocycles. The van der Waals surface area contributed by atoms with Crippen LogP contribution in [0.15, 0.2) is 34.1 Å². The highest BCUT2D eigenvalue weighted by molar-refractivity contribution is 7.89. The van der Waals surface area contributed by atoms with Crippen LogP contribution in [-0.2, 0) is 29.6 Å². The highest BCUT2D eigenvalue weighted by Gasteiger charge is 2.22. The summed E-state index contributed by atoms with van der Waals surface area (Å²) in [7, 11) is -6.14. The van der Waals surface area contributed by atoms with Gasteiger partial charge in [-0.3, -0.25) is 4.79 Å². The number of methoxy groups -OCH3 is 1. The van der Waals surface area contributed by atoms with Gasteiger partial charge in [0.25, 0.3) is 0 Å². The zero-order valence-electron chi connectivity index (χ0n) is 14.6. The molecule has 8 nitrogen and oxygen atoms in total. The zero-order chi connectivity index (χ0) is 19.1. The van der Waals surface area contributed by atoms with Gasteiger partial charge in [-0.25, -0.2) is 21.6 Å². The summed E-state index contributed by atoms with van der Waals surface area (Å²) in [6.07, 6.45) is 0.417. The molecule has 0 heterocycles. The number of ether oxygens (including phenoxy) is 1. The van der Waals surface area contributed by atoms with Gasteiger partial charge in [-0.2, -0.15) is 4.31 Å². The van der Waals surface area contributed by atoms with Crippen LogP contribution in [-0.4, -0.2) is 53.9 Å². The molecular weight excluding hydrogens is 368 g/mol. The first-order chi connectivity index (χ1) is 11.7. The van der Waals surface area contributed by atoms with Crippen LogP contribution in [0.4, 0.5) is 0 Å². The van der Waals surface area contributed by atoms with Crippen molar-refractivity contribution in [1.82, 2.24) is 9.03 Å². The van der Waals surface area contributed by atoms with Gasteiger partial charge in [0, 0.05) is 26.1 Å². The van der Waals surface area contributed by atoms with E-state index >= 15 is 0 Å². The lowest BCUT2D eigenvalue weighted by molar-refractivity contribution is -0.140. The molecule has 0 aliphatic heterocycles. The van der Waals surface area contributed by atoms with Gasteiger partial charge >= 0.3 is 5.97 Å². The van der Waals surface area contributed by atoms with E-state index in [1.807, 2.05) is 0 Å². The smallest absolute Gasteiger partial charge is 0.305 e. The van der Waals surface area contributed by atoms with E-state index in [2.05, 4.69) is 9.46 Å². The van der Waals surface area contributed by atoms with Gasteiger partial charge in [0.15, 0.2) is 0 Å². The van der Waals surface area contributed by atoms with E-state index in [4.69, 9.17) is 0 Å². The molecule has 10 heteroatoms. The fourth-order valence-electron chi connectivity index (χ4n) is 2.13. The van der Waals surface area contributed by atoms with E-state index in [0.717, 1.165) is 0 Å². The van der Waals surface area contributed by atoms with Crippen molar-refractivity contribution in [3.05, 3.63) is 24.3 Å². The molecule has 0 spiro atoms. The Hall–Kier alpha value is -1.49. The third kappa shape index (κ3) is 5.77. The van der Waals surface area contributed by atoms with E-state index in [1.54, 1.807) is 13.8 Å². The molecule has 1 aromatic rings. The van der Waals surface area contributed by atoms with Crippen molar-refractivity contribution in [1.29, 1.82) is 0 Å². The third-order valence-electron chi connectivity index (χ3n) is 3.55. The molecule has 1 N–H and O–H groups in total. The van der Waals surface area contributed by atoms with Crippen molar-refractivity contribution in [3.63, 3.8) is 0 Å². The second kappa shape index (κ2) is 9.27. The van der Waals surface area contributed by atoms with Gasteiger partial charge < -0.3 is 4.74 Å². The highest BCUT2D eigenvalue weighted by atomic mass is 32.2. The normalized spacial score (nSPS) is 12.3. The zero-order valence-corrected chi connectivity index (χ0v) is 16.2. The van der Waals surface area contributed by atoms with Gasteiger partial charge in [0.1, 0.15) is 0 Å². The number of carbonyl (C=O) groups excluding carboxylic acids is 1. The molecule has 0 unspecified atom stereocenters. The summed E-state index contributed by atoms with van der Waals surface area (Å²) in [5.74, 6) is -0.412. The minimum absolute atomic E-state index is 0.0379. The fourth-order valence-corrected chi connectivity index (χ4v) is 4.66. The molecule has 0 amide bonds. The topological polar surface area (TPSA) is 110 Å². The average Bonchev–Trinajstić information content (AvgIpc) is 2.59. The Bertz CT molecular complexity index is 769. The largest absolute Gasteiger partial charge is 0.469 e. The van der Waals surface area contributed by atoms with E-state index in [-0.39, 0.29) is 22.8 Å². The molecular formula is C15H24N2O6S2. The molecule has 142 valence electrons. The Morgan fingerprint density at radius 1 is 1.04 bits per heavy atom. The van der Waals surface area contributed by atoms with Crippen LogP contribution in [0.25, 0.3) is 0 Å². The van der Waals surface area contributed by atoms with Gasteiger partial charge in [-0.05, 0) is 30.7 Å². The van der Waals surface area contributed by atoms with Crippen LogP contribution in [0, 0.1) is 0 Å². The number of nitrogens with one attached hydrogen (secondary N) is 1. The fraction of sp³-hybridized carbons (Fsp3) is 0.533. The second-order valence-electron chi connectivity index (χ2n) is 5.14. The maximum Gasteiger partial charge on any atom is 0.305 e. The summed E-state index contributed by atoms with van der Waals surface area (Å²) in [6, 6.07) is 5.05. The maximum atomic E-state index is 12.4. The molecule has 25 heavy (non-hydrogen) atoms. The summed E-state index contributed by atoms with van der Waals surface area (Å²) in [5.41, 5.74) is 0. The number of carbonyl (C=O) groups is 1. The number of sulfonamides is 2. The standard InChI is InChI=1S/C15H24N2O6S2/c1-4-17(5-2)25(21,22)14-10-8-13(9-11-14)24(19,20)16-12-6-7-15(18)23-3/h8-11,16H,4-7,12H2,1-3H3. The van der Waals surface area contributed by atoms with Crippen LogP contribution in [0.5, 0.6) is 0 Å². The Morgan fingerprint density at radius 2 is 1.56 bits per heavy atom. The van der Waals surface area contributed by atoms with Crippen molar-refractivity contribution in [3.8, 4) is 0 Å². The SMILES string of the molecule is CCN(CC)S(=O)(=O)c1ccc(S(=O)(=O)NCCCC(=O)OC)cc1. The average molecular weight is 392 g/mol. The van der Waals surface area contributed by atoms with Crippen molar-refractivity contribution in [2.75, 3.05) is 26.7 Å². The van der Waals surface area contributed by atoms with Crippen molar-refractivity contribution >= 4 is 26.0 Å². The molecule has 0 radical (unpaired) electrons. The van der Waals surface area contributed by atoms with Gasteiger partial charge in [0.05, 0.1) is 16.9 Å². The van der Waals surface area contributed by atoms with Gasteiger partial charge in [-0.1, -0.05) is 13.8 Å². The maximum absolute atomic E-state index is 12.4. The van der Waals surface area contributed by atoms with Crippen LogP contribution in [0.1, 0.15) is 26.7 Å². The summed E-state index contributed by atoms with van der Waals surface area (Å²) >= 11 is 0. The second-order valence-corrected chi connectivity index (χ2v) is 8.84. The Kier molecular flexibility index (Phi) is 8.00. The summed E-state index contributed by atoms with van der Waals surface area (Å²) in [5, 5.41) is 0. The first-order valence-corrected chi connectivity index (χ1v) is 10.8.